The summed E-state index contributed by atoms with van der Waals surface area (Å²) >= 11 is 0. The zero-order valence-electron chi connectivity index (χ0n) is 11.3. The average Bonchev–Trinajstić information content (AvgIpc) is 2.62. The van der Waals surface area contributed by atoms with Crippen LogP contribution < -0.4 is 11.1 Å². The molecule has 0 bridgehead atoms. The molecule has 0 radical (unpaired) electrons. The summed E-state index contributed by atoms with van der Waals surface area (Å²) in [6.07, 6.45) is 0.532. The van der Waals surface area contributed by atoms with Crippen molar-refractivity contribution in [2.45, 2.75) is 20.3 Å². The highest BCUT2D eigenvalue weighted by atomic mass is 16.2. The normalized spacial score (nSPS) is 18.7. The van der Waals surface area contributed by atoms with Crippen molar-refractivity contribution in [3.63, 3.8) is 0 Å². The van der Waals surface area contributed by atoms with Crippen LogP contribution in [0.4, 0.5) is 11.4 Å². The van der Waals surface area contributed by atoms with Gasteiger partial charge in [-0.25, -0.2) is 0 Å². The van der Waals surface area contributed by atoms with E-state index in [4.69, 9.17) is 5.73 Å². The highest BCUT2D eigenvalue weighted by Crippen LogP contribution is 2.19. The first-order chi connectivity index (χ1) is 8.95. The van der Waals surface area contributed by atoms with E-state index < -0.39 is 0 Å². The van der Waals surface area contributed by atoms with Gasteiger partial charge in [0.25, 0.3) is 0 Å². The van der Waals surface area contributed by atoms with Crippen LogP contribution in [0.15, 0.2) is 18.2 Å². The number of nitrogens with two attached hydrogens (primary N) is 1. The summed E-state index contributed by atoms with van der Waals surface area (Å²) in [4.78, 5) is 25.2. The fraction of sp³-hybridized carbons (Fsp3) is 0.429. The second-order valence-corrected chi connectivity index (χ2v) is 5.21. The molecule has 1 aromatic rings. The largest absolute Gasteiger partial charge is 0.399 e. The molecular weight excluding hydrogens is 242 g/mol. The van der Waals surface area contributed by atoms with Gasteiger partial charge in [0, 0.05) is 24.3 Å². The average molecular weight is 261 g/mol. The summed E-state index contributed by atoms with van der Waals surface area (Å²) in [5, 5.41) is 2.80. The Labute approximate surface area is 112 Å². The van der Waals surface area contributed by atoms with E-state index in [-0.39, 0.29) is 18.4 Å². The number of nitrogen functional groups attached to an aromatic ring is 1. The minimum absolute atomic E-state index is 0.0481. The summed E-state index contributed by atoms with van der Waals surface area (Å²) < 4.78 is 0. The van der Waals surface area contributed by atoms with Gasteiger partial charge in [-0.3, -0.25) is 9.59 Å². The van der Waals surface area contributed by atoms with Gasteiger partial charge in [0.2, 0.25) is 11.8 Å². The predicted octanol–water partition coefficient (Wildman–Crippen LogP) is 1.38. The molecule has 0 saturated carbocycles. The molecule has 1 aliphatic rings. The molecule has 19 heavy (non-hydrogen) atoms. The first-order valence-corrected chi connectivity index (χ1v) is 6.39. The van der Waals surface area contributed by atoms with Crippen LogP contribution in [0.2, 0.25) is 0 Å². The highest BCUT2D eigenvalue weighted by Gasteiger charge is 2.27. The van der Waals surface area contributed by atoms with Crippen molar-refractivity contribution in [1.82, 2.24) is 4.90 Å². The summed E-state index contributed by atoms with van der Waals surface area (Å²) in [6, 6.07) is 5.37. The van der Waals surface area contributed by atoms with Crippen LogP contribution >= 0.6 is 0 Å². The van der Waals surface area contributed by atoms with Gasteiger partial charge < -0.3 is 16.0 Å². The number of anilines is 2. The standard InChI is InChI=1S/C14H19N3O2/c1-9-5-14(19)17(7-9)8-13(18)16-12-6-11(15)4-3-10(12)2/h3-4,6,9H,5,7-8,15H2,1-2H3,(H,16,18). The molecule has 1 aliphatic heterocycles. The van der Waals surface area contributed by atoms with Crippen molar-refractivity contribution in [2.24, 2.45) is 5.92 Å². The van der Waals surface area contributed by atoms with Gasteiger partial charge in [-0.15, -0.1) is 0 Å². The Balaban J connectivity index is 1.98. The maximum Gasteiger partial charge on any atom is 0.244 e. The molecule has 1 aromatic carbocycles. The zero-order valence-corrected chi connectivity index (χ0v) is 11.3. The Morgan fingerprint density at radius 1 is 1.53 bits per heavy atom. The molecule has 5 nitrogen and oxygen atoms in total. The molecule has 102 valence electrons. The maximum absolute atomic E-state index is 11.9. The second-order valence-electron chi connectivity index (χ2n) is 5.21. The predicted molar refractivity (Wildman–Crippen MR) is 74.6 cm³/mol. The third-order valence-electron chi connectivity index (χ3n) is 3.28. The van der Waals surface area contributed by atoms with Gasteiger partial charge in [0.1, 0.15) is 0 Å². The number of nitrogens with zero attached hydrogens (tertiary/aromatic N) is 1. The molecule has 2 amide bonds. The fourth-order valence-corrected chi connectivity index (χ4v) is 2.26. The second kappa shape index (κ2) is 5.30. The summed E-state index contributed by atoms with van der Waals surface area (Å²) in [6.45, 7) is 4.68. The van der Waals surface area contributed by atoms with Crippen LogP contribution in [-0.4, -0.2) is 29.8 Å². The molecule has 0 spiro atoms. The van der Waals surface area contributed by atoms with Crippen molar-refractivity contribution in [3.8, 4) is 0 Å². The monoisotopic (exact) mass is 261 g/mol. The number of rotatable bonds is 3. The van der Waals surface area contributed by atoms with Gasteiger partial charge in [-0.2, -0.15) is 0 Å². The fourth-order valence-electron chi connectivity index (χ4n) is 2.26. The van der Waals surface area contributed by atoms with Crippen LogP contribution in [0.25, 0.3) is 0 Å². The lowest BCUT2D eigenvalue weighted by Crippen LogP contribution is -2.34. The van der Waals surface area contributed by atoms with Crippen LogP contribution in [0.5, 0.6) is 0 Å². The van der Waals surface area contributed by atoms with Crippen LogP contribution in [0.1, 0.15) is 18.9 Å². The molecule has 1 saturated heterocycles. The molecule has 1 atom stereocenters. The SMILES string of the molecule is Cc1ccc(N)cc1NC(=O)CN1CC(C)CC1=O. The molecule has 1 fully saturated rings. The lowest BCUT2D eigenvalue weighted by Gasteiger charge is -2.16. The van der Waals surface area contributed by atoms with Crippen LogP contribution in [0, 0.1) is 12.8 Å². The van der Waals surface area contributed by atoms with Gasteiger partial charge in [0.15, 0.2) is 0 Å². The van der Waals surface area contributed by atoms with Crippen LogP contribution in [-0.2, 0) is 9.59 Å². The van der Waals surface area contributed by atoms with Crippen molar-refractivity contribution in [3.05, 3.63) is 23.8 Å². The summed E-state index contributed by atoms with van der Waals surface area (Å²) in [5.41, 5.74) is 7.94. The molecule has 0 aromatic heterocycles. The molecular formula is C14H19N3O2. The lowest BCUT2D eigenvalue weighted by molar-refractivity contribution is -0.131. The minimum atomic E-state index is -0.184. The van der Waals surface area contributed by atoms with Crippen LogP contribution in [0.3, 0.4) is 0 Å². The zero-order chi connectivity index (χ0) is 14.0. The van der Waals surface area contributed by atoms with Gasteiger partial charge in [-0.05, 0) is 30.5 Å². The third-order valence-corrected chi connectivity index (χ3v) is 3.28. The number of hydrogen-bond acceptors (Lipinski definition) is 3. The number of hydrogen-bond donors (Lipinski definition) is 2. The quantitative estimate of drug-likeness (QED) is 0.807. The molecule has 1 heterocycles. The van der Waals surface area contributed by atoms with E-state index in [0.717, 1.165) is 5.56 Å². The van der Waals surface area contributed by atoms with E-state index in [0.29, 0.717) is 30.3 Å². The Bertz CT molecular complexity index is 513. The number of amides is 2. The summed E-state index contributed by atoms with van der Waals surface area (Å²) in [7, 11) is 0. The van der Waals surface area contributed by atoms with E-state index >= 15 is 0 Å². The molecule has 3 N–H and O–H groups in total. The number of carbonyl (C=O) groups excluding carboxylic acids is 2. The molecule has 5 heteroatoms. The number of carbonyl (C=O) groups is 2. The molecule has 1 unspecified atom stereocenters. The minimum Gasteiger partial charge on any atom is -0.399 e. The Morgan fingerprint density at radius 2 is 2.26 bits per heavy atom. The number of likely N-dealkylation sites (tertiary alicyclic amines) is 1. The van der Waals surface area contributed by atoms with Crippen molar-refractivity contribution >= 4 is 23.2 Å². The molecule has 0 aliphatic carbocycles. The smallest absolute Gasteiger partial charge is 0.244 e. The Hall–Kier alpha value is -2.04. The third kappa shape index (κ3) is 3.24. The van der Waals surface area contributed by atoms with E-state index in [2.05, 4.69) is 5.32 Å². The van der Waals surface area contributed by atoms with Crippen molar-refractivity contribution in [2.75, 3.05) is 24.1 Å². The number of aryl methyl sites for hydroxylation is 1. The van der Waals surface area contributed by atoms with Gasteiger partial charge >= 0.3 is 0 Å². The van der Waals surface area contributed by atoms with Crippen molar-refractivity contribution < 1.29 is 9.59 Å². The first kappa shape index (κ1) is 13.4. The van der Waals surface area contributed by atoms with Gasteiger partial charge in [0.05, 0.1) is 6.54 Å². The first-order valence-electron chi connectivity index (χ1n) is 6.39. The van der Waals surface area contributed by atoms with E-state index in [1.165, 1.54) is 0 Å². The Morgan fingerprint density at radius 3 is 2.89 bits per heavy atom. The van der Waals surface area contributed by atoms with Crippen molar-refractivity contribution in [1.29, 1.82) is 0 Å². The number of nitrogens with one attached hydrogen (secondary N) is 1. The lowest BCUT2D eigenvalue weighted by atomic mass is 10.2. The van der Waals surface area contributed by atoms with E-state index in [1.54, 1.807) is 17.0 Å². The Kier molecular flexibility index (Phi) is 3.74. The molecule has 2 rings (SSSR count). The maximum atomic E-state index is 11.9. The van der Waals surface area contributed by atoms with E-state index in [9.17, 15) is 9.59 Å². The highest BCUT2D eigenvalue weighted by molar-refractivity contribution is 5.95. The number of benzene rings is 1. The topological polar surface area (TPSA) is 75.4 Å². The summed E-state index contributed by atoms with van der Waals surface area (Å²) in [5.74, 6) is 0.192. The van der Waals surface area contributed by atoms with E-state index in [1.807, 2.05) is 19.9 Å². The van der Waals surface area contributed by atoms with Gasteiger partial charge in [-0.1, -0.05) is 13.0 Å².